The number of nitrogens with one attached hydrogen (secondary N) is 1. The average Bonchev–Trinajstić information content (AvgIpc) is 2.82. The van der Waals surface area contributed by atoms with Gasteiger partial charge in [0.05, 0.1) is 5.52 Å². The van der Waals surface area contributed by atoms with Gasteiger partial charge in [-0.3, -0.25) is 4.79 Å². The van der Waals surface area contributed by atoms with Gasteiger partial charge < -0.3 is 10.1 Å². The van der Waals surface area contributed by atoms with E-state index in [1.54, 1.807) is 4.68 Å². The van der Waals surface area contributed by atoms with Crippen LogP contribution in [0.3, 0.4) is 0 Å². The first kappa shape index (κ1) is 13.5. The van der Waals surface area contributed by atoms with E-state index in [1.807, 2.05) is 31.2 Å². The number of benzene rings is 1. The number of rotatable bonds is 7. The summed E-state index contributed by atoms with van der Waals surface area (Å²) in [6, 6.07) is 7.58. The Morgan fingerprint density at radius 1 is 1.42 bits per heavy atom. The third-order valence-electron chi connectivity index (χ3n) is 2.71. The lowest BCUT2D eigenvalue weighted by Crippen LogP contribution is -2.29. The van der Waals surface area contributed by atoms with E-state index in [-0.39, 0.29) is 12.5 Å². The van der Waals surface area contributed by atoms with Crippen LogP contribution in [0.2, 0.25) is 0 Å². The monoisotopic (exact) mass is 262 g/mol. The number of para-hydroxylation sites is 1. The molecule has 0 aliphatic carbocycles. The van der Waals surface area contributed by atoms with E-state index >= 15 is 0 Å². The van der Waals surface area contributed by atoms with Crippen molar-refractivity contribution in [1.82, 2.24) is 20.3 Å². The van der Waals surface area contributed by atoms with Gasteiger partial charge in [0.25, 0.3) is 0 Å². The molecule has 0 aliphatic rings. The number of carbonyl (C=O) groups excluding carboxylic acids is 1. The van der Waals surface area contributed by atoms with E-state index < -0.39 is 0 Å². The fourth-order valence-corrected chi connectivity index (χ4v) is 1.77. The van der Waals surface area contributed by atoms with Gasteiger partial charge in [-0.05, 0) is 25.5 Å². The van der Waals surface area contributed by atoms with Crippen molar-refractivity contribution < 1.29 is 9.53 Å². The van der Waals surface area contributed by atoms with Crippen molar-refractivity contribution in [2.45, 2.75) is 19.9 Å². The minimum absolute atomic E-state index is 0.0628. The maximum Gasteiger partial charge on any atom is 0.241 e. The molecule has 0 saturated heterocycles. The second-order valence-corrected chi connectivity index (χ2v) is 4.14. The largest absolute Gasteiger partial charge is 0.382 e. The van der Waals surface area contributed by atoms with E-state index in [0.717, 1.165) is 17.5 Å². The SMILES string of the molecule is CCOCCCNC(=O)Cn1nnc2ccccc21. The van der Waals surface area contributed by atoms with Crippen molar-refractivity contribution in [3.63, 3.8) is 0 Å². The van der Waals surface area contributed by atoms with Crippen molar-refractivity contribution in [2.24, 2.45) is 0 Å². The molecule has 1 aromatic carbocycles. The van der Waals surface area contributed by atoms with E-state index in [9.17, 15) is 4.79 Å². The molecule has 1 N–H and O–H groups in total. The van der Waals surface area contributed by atoms with E-state index in [0.29, 0.717) is 19.8 Å². The normalized spacial score (nSPS) is 10.8. The molecule has 0 atom stereocenters. The van der Waals surface area contributed by atoms with E-state index in [2.05, 4.69) is 15.6 Å². The number of ether oxygens (including phenoxy) is 1. The average molecular weight is 262 g/mol. The molecule has 0 aliphatic heterocycles. The van der Waals surface area contributed by atoms with Crippen LogP contribution in [0.15, 0.2) is 24.3 Å². The van der Waals surface area contributed by atoms with E-state index in [4.69, 9.17) is 4.74 Å². The topological polar surface area (TPSA) is 69.0 Å². The molecule has 6 nitrogen and oxygen atoms in total. The number of fused-ring (bicyclic) bond motifs is 1. The molecule has 0 bridgehead atoms. The zero-order valence-electron chi connectivity index (χ0n) is 11.0. The summed E-state index contributed by atoms with van der Waals surface area (Å²) < 4.78 is 6.80. The fraction of sp³-hybridized carbons (Fsp3) is 0.462. The molecule has 0 fully saturated rings. The van der Waals surface area contributed by atoms with Gasteiger partial charge in [0.15, 0.2) is 0 Å². The molecule has 2 rings (SSSR count). The Labute approximate surface area is 111 Å². The van der Waals surface area contributed by atoms with Gasteiger partial charge in [-0.25, -0.2) is 4.68 Å². The van der Waals surface area contributed by atoms with Gasteiger partial charge in [0.1, 0.15) is 12.1 Å². The van der Waals surface area contributed by atoms with Crippen LogP contribution in [0.1, 0.15) is 13.3 Å². The summed E-state index contributed by atoms with van der Waals surface area (Å²) in [5.74, 6) is -0.0628. The molecule has 1 aromatic heterocycles. The molecular weight excluding hydrogens is 244 g/mol. The molecule has 2 aromatic rings. The van der Waals surface area contributed by atoms with Crippen molar-refractivity contribution >= 4 is 16.9 Å². The van der Waals surface area contributed by atoms with Crippen LogP contribution in [0.25, 0.3) is 11.0 Å². The second-order valence-electron chi connectivity index (χ2n) is 4.14. The zero-order valence-corrected chi connectivity index (χ0v) is 11.0. The van der Waals surface area contributed by atoms with Gasteiger partial charge in [-0.15, -0.1) is 5.10 Å². The van der Waals surface area contributed by atoms with Crippen LogP contribution < -0.4 is 5.32 Å². The molecule has 1 heterocycles. The van der Waals surface area contributed by atoms with Crippen molar-refractivity contribution in [3.05, 3.63) is 24.3 Å². The predicted octanol–water partition coefficient (Wildman–Crippen LogP) is 0.974. The van der Waals surface area contributed by atoms with Crippen LogP contribution in [-0.2, 0) is 16.1 Å². The minimum Gasteiger partial charge on any atom is -0.382 e. The van der Waals surface area contributed by atoms with Crippen LogP contribution in [0.5, 0.6) is 0 Å². The van der Waals surface area contributed by atoms with Crippen molar-refractivity contribution in [3.8, 4) is 0 Å². The van der Waals surface area contributed by atoms with Crippen LogP contribution in [-0.4, -0.2) is 40.7 Å². The third-order valence-corrected chi connectivity index (χ3v) is 2.71. The van der Waals surface area contributed by atoms with Gasteiger partial charge in [0.2, 0.25) is 5.91 Å². The molecule has 0 spiro atoms. The first-order chi connectivity index (χ1) is 9.31. The first-order valence-electron chi connectivity index (χ1n) is 6.44. The van der Waals surface area contributed by atoms with Gasteiger partial charge >= 0.3 is 0 Å². The molecule has 102 valence electrons. The van der Waals surface area contributed by atoms with Crippen LogP contribution in [0.4, 0.5) is 0 Å². The van der Waals surface area contributed by atoms with Crippen molar-refractivity contribution in [1.29, 1.82) is 0 Å². The number of hydrogen-bond acceptors (Lipinski definition) is 4. The maximum absolute atomic E-state index is 11.7. The molecular formula is C13H18N4O2. The van der Waals surface area contributed by atoms with Crippen LogP contribution >= 0.6 is 0 Å². The highest BCUT2D eigenvalue weighted by Gasteiger charge is 2.07. The lowest BCUT2D eigenvalue weighted by atomic mass is 10.3. The smallest absolute Gasteiger partial charge is 0.241 e. The maximum atomic E-state index is 11.7. The predicted molar refractivity (Wildman–Crippen MR) is 71.6 cm³/mol. The molecule has 0 radical (unpaired) electrons. The highest BCUT2D eigenvalue weighted by Crippen LogP contribution is 2.08. The molecule has 0 unspecified atom stereocenters. The molecule has 6 heteroatoms. The summed E-state index contributed by atoms with van der Waals surface area (Å²) in [5, 5.41) is 10.8. The Kier molecular flexibility index (Phi) is 4.85. The Morgan fingerprint density at radius 2 is 2.26 bits per heavy atom. The second kappa shape index (κ2) is 6.84. The minimum atomic E-state index is -0.0628. The van der Waals surface area contributed by atoms with Gasteiger partial charge in [-0.1, -0.05) is 17.3 Å². The number of amides is 1. The van der Waals surface area contributed by atoms with Crippen LogP contribution in [0, 0.1) is 0 Å². The lowest BCUT2D eigenvalue weighted by Gasteiger charge is -2.05. The first-order valence-corrected chi connectivity index (χ1v) is 6.44. The molecule has 19 heavy (non-hydrogen) atoms. The Morgan fingerprint density at radius 3 is 3.11 bits per heavy atom. The quantitative estimate of drug-likeness (QED) is 0.755. The summed E-state index contributed by atoms with van der Waals surface area (Å²) in [5.41, 5.74) is 1.67. The summed E-state index contributed by atoms with van der Waals surface area (Å²) in [4.78, 5) is 11.7. The lowest BCUT2D eigenvalue weighted by molar-refractivity contribution is -0.121. The summed E-state index contributed by atoms with van der Waals surface area (Å²) in [6.07, 6.45) is 0.817. The Bertz CT molecular complexity index is 538. The molecule has 0 saturated carbocycles. The number of carbonyl (C=O) groups is 1. The number of aromatic nitrogens is 3. The zero-order chi connectivity index (χ0) is 13.5. The third kappa shape index (κ3) is 3.75. The molecule has 1 amide bonds. The summed E-state index contributed by atoms with van der Waals surface area (Å²) in [7, 11) is 0. The summed E-state index contributed by atoms with van der Waals surface area (Å²) in [6.45, 7) is 4.14. The Balaban J connectivity index is 1.82. The van der Waals surface area contributed by atoms with Crippen molar-refractivity contribution in [2.75, 3.05) is 19.8 Å². The highest BCUT2D eigenvalue weighted by molar-refractivity contribution is 5.79. The standard InChI is InChI=1S/C13H18N4O2/c1-2-19-9-5-8-14-13(18)10-17-12-7-4-3-6-11(12)15-16-17/h3-4,6-7H,2,5,8-10H2,1H3,(H,14,18). The fourth-order valence-electron chi connectivity index (χ4n) is 1.77. The van der Waals surface area contributed by atoms with E-state index in [1.165, 1.54) is 0 Å². The Hall–Kier alpha value is -1.95. The van der Waals surface area contributed by atoms with Gasteiger partial charge in [0, 0.05) is 19.8 Å². The highest BCUT2D eigenvalue weighted by atomic mass is 16.5. The summed E-state index contributed by atoms with van der Waals surface area (Å²) >= 11 is 0. The van der Waals surface area contributed by atoms with Gasteiger partial charge in [-0.2, -0.15) is 0 Å². The number of hydrogen-bond donors (Lipinski definition) is 1. The number of nitrogens with zero attached hydrogens (tertiary/aromatic N) is 3.